The molecule has 3 aromatic carbocycles. The first-order valence-corrected chi connectivity index (χ1v) is 20.3. The number of ether oxygens (including phenoxy) is 1. The van der Waals surface area contributed by atoms with Crippen LogP contribution >= 0.6 is 11.6 Å². The summed E-state index contributed by atoms with van der Waals surface area (Å²) < 4.78 is 23.2. The molecule has 2 fully saturated rings. The standard InChI is InChI=1S/C37H42ClFN4O5Si/c1-23-35(49(2,3)39)32(18-33(45)42-21-26-7-5-4-6-25(26)16-29(42)22-44)48-37(23)30-17-27(38)10-13-31(30)43(36(37)47)20-24-8-11-28(12-9-24)41-15-14-40-19-34(41)46/h4-13,17,23,29,32,35,40,44H,14-16,18-22H2,1-3H3/t23-,29-,32+,35-,37+/m0/s1. The van der Waals surface area contributed by atoms with Crippen molar-refractivity contribution in [2.24, 2.45) is 5.92 Å². The number of hydrogen-bond acceptors (Lipinski definition) is 6. The number of halogens is 2. The molecule has 2 saturated heterocycles. The summed E-state index contributed by atoms with van der Waals surface area (Å²) in [6, 6.07) is 20.4. The second kappa shape index (κ2) is 12.9. The molecule has 0 aliphatic carbocycles. The highest BCUT2D eigenvalue weighted by Gasteiger charge is 2.67. The van der Waals surface area contributed by atoms with Gasteiger partial charge in [-0.3, -0.25) is 14.4 Å². The van der Waals surface area contributed by atoms with Crippen molar-refractivity contribution in [2.45, 2.75) is 69.2 Å². The summed E-state index contributed by atoms with van der Waals surface area (Å²) in [4.78, 5) is 46.3. The molecule has 0 bridgehead atoms. The zero-order valence-corrected chi connectivity index (χ0v) is 29.8. The maximum absolute atomic E-state index is 16.4. The lowest BCUT2D eigenvalue weighted by atomic mass is 9.82. The van der Waals surface area contributed by atoms with Gasteiger partial charge in [0.05, 0.1) is 44.0 Å². The molecule has 2 N–H and O–H groups in total. The molecule has 0 radical (unpaired) electrons. The molecule has 0 unspecified atom stereocenters. The number of anilines is 2. The molecular formula is C37H42ClFN4O5Si. The van der Waals surface area contributed by atoms with E-state index in [1.165, 1.54) is 0 Å². The van der Waals surface area contributed by atoms with Gasteiger partial charge < -0.3 is 34.0 Å². The Hall–Kier alpha value is -3.61. The Labute approximate surface area is 292 Å². The zero-order chi connectivity index (χ0) is 34.7. The molecular weight excluding hydrogens is 663 g/mol. The van der Waals surface area contributed by atoms with Crippen molar-refractivity contribution in [2.75, 3.05) is 36.0 Å². The number of fused-ring (bicyclic) bond motifs is 3. The monoisotopic (exact) mass is 704 g/mol. The molecule has 5 atom stereocenters. The largest absolute Gasteiger partial charge is 0.394 e. The number of nitrogens with one attached hydrogen (secondary N) is 1. The van der Waals surface area contributed by atoms with Crippen LogP contribution in [0.1, 0.15) is 35.6 Å². The molecule has 1 spiro atoms. The maximum Gasteiger partial charge on any atom is 0.264 e. The van der Waals surface area contributed by atoms with Crippen LogP contribution < -0.4 is 15.1 Å². The van der Waals surface area contributed by atoms with Gasteiger partial charge in [0.1, 0.15) is 0 Å². The molecule has 4 aliphatic rings. The second-order valence-corrected chi connectivity index (χ2v) is 18.5. The number of rotatable bonds is 7. The van der Waals surface area contributed by atoms with Crippen LogP contribution in [-0.2, 0) is 44.2 Å². The van der Waals surface area contributed by atoms with E-state index < -0.39 is 37.6 Å². The topological polar surface area (TPSA) is 102 Å². The number of carbonyl (C=O) groups is 3. The van der Waals surface area contributed by atoms with E-state index in [-0.39, 0.29) is 37.3 Å². The molecule has 4 heterocycles. The molecule has 7 rings (SSSR count). The van der Waals surface area contributed by atoms with E-state index in [0.29, 0.717) is 42.3 Å². The van der Waals surface area contributed by atoms with E-state index in [9.17, 15) is 19.5 Å². The highest BCUT2D eigenvalue weighted by atomic mass is 35.5. The van der Waals surface area contributed by atoms with Crippen molar-refractivity contribution in [3.63, 3.8) is 0 Å². The van der Waals surface area contributed by atoms with Crippen LogP contribution in [0.3, 0.4) is 0 Å². The van der Waals surface area contributed by atoms with Crippen molar-refractivity contribution in [1.82, 2.24) is 10.2 Å². The van der Waals surface area contributed by atoms with E-state index in [4.69, 9.17) is 16.3 Å². The summed E-state index contributed by atoms with van der Waals surface area (Å²) in [5.41, 5.74) is 2.81. The lowest BCUT2D eigenvalue weighted by Gasteiger charge is -2.37. The molecule has 3 amide bonds. The van der Waals surface area contributed by atoms with Crippen LogP contribution in [0.5, 0.6) is 0 Å². The third kappa shape index (κ3) is 5.89. The van der Waals surface area contributed by atoms with Crippen LogP contribution in [0, 0.1) is 5.92 Å². The molecule has 12 heteroatoms. The van der Waals surface area contributed by atoms with Gasteiger partial charge in [0.2, 0.25) is 20.2 Å². The molecule has 0 saturated carbocycles. The van der Waals surface area contributed by atoms with E-state index in [0.717, 1.165) is 28.9 Å². The van der Waals surface area contributed by atoms with Gasteiger partial charge in [-0.15, -0.1) is 0 Å². The summed E-state index contributed by atoms with van der Waals surface area (Å²) in [6.45, 7) is 7.08. The number of carbonyl (C=O) groups excluding carboxylic acids is 3. The molecule has 49 heavy (non-hydrogen) atoms. The minimum Gasteiger partial charge on any atom is -0.394 e. The summed E-state index contributed by atoms with van der Waals surface area (Å²) in [5.74, 6) is -1.11. The summed E-state index contributed by atoms with van der Waals surface area (Å²) in [5, 5.41) is 13.8. The number of benzene rings is 3. The van der Waals surface area contributed by atoms with Crippen LogP contribution in [0.15, 0.2) is 66.7 Å². The van der Waals surface area contributed by atoms with E-state index in [1.54, 1.807) is 46.0 Å². The number of nitrogens with zero attached hydrogens (tertiary/aromatic N) is 3. The van der Waals surface area contributed by atoms with Crippen LogP contribution in [0.25, 0.3) is 0 Å². The Bertz CT molecular complexity index is 1790. The minimum absolute atomic E-state index is 0.00718. The number of aliphatic hydroxyl groups is 1. The van der Waals surface area contributed by atoms with Gasteiger partial charge >= 0.3 is 0 Å². The Morgan fingerprint density at radius 1 is 1.10 bits per heavy atom. The number of hydrogen-bond donors (Lipinski definition) is 2. The smallest absolute Gasteiger partial charge is 0.264 e. The Balaban J connectivity index is 1.19. The number of amides is 3. The van der Waals surface area contributed by atoms with Gasteiger partial charge in [-0.1, -0.05) is 54.9 Å². The van der Waals surface area contributed by atoms with Crippen LogP contribution in [0.2, 0.25) is 23.7 Å². The van der Waals surface area contributed by atoms with Crippen molar-refractivity contribution >= 4 is 49.1 Å². The highest BCUT2D eigenvalue weighted by molar-refractivity contribution is 6.72. The summed E-state index contributed by atoms with van der Waals surface area (Å²) in [7, 11) is -3.52. The second-order valence-electron chi connectivity index (χ2n) is 14.2. The first-order chi connectivity index (χ1) is 23.4. The zero-order valence-electron chi connectivity index (χ0n) is 28.0. The van der Waals surface area contributed by atoms with Crippen LogP contribution in [-0.4, -0.2) is 74.5 Å². The third-order valence-electron chi connectivity index (χ3n) is 10.9. The average Bonchev–Trinajstić information content (AvgIpc) is 3.50. The van der Waals surface area contributed by atoms with E-state index in [1.807, 2.05) is 55.5 Å². The quantitative estimate of drug-likeness (QED) is 0.267. The fraction of sp³-hybridized carbons (Fsp3) is 0.432. The van der Waals surface area contributed by atoms with Crippen LogP contribution in [0.4, 0.5) is 15.5 Å². The Morgan fingerprint density at radius 2 is 1.84 bits per heavy atom. The molecule has 258 valence electrons. The van der Waals surface area contributed by atoms with Gasteiger partial charge in [-0.2, -0.15) is 0 Å². The predicted molar refractivity (Wildman–Crippen MR) is 189 cm³/mol. The molecule has 0 aromatic heterocycles. The van der Waals surface area contributed by atoms with Gasteiger partial charge in [0.25, 0.3) is 5.91 Å². The van der Waals surface area contributed by atoms with Gasteiger partial charge in [-0.25, -0.2) is 0 Å². The molecule has 4 aliphatic heterocycles. The fourth-order valence-electron chi connectivity index (χ4n) is 8.55. The maximum atomic E-state index is 16.4. The van der Waals surface area contributed by atoms with Crippen molar-refractivity contribution in [1.29, 1.82) is 0 Å². The van der Waals surface area contributed by atoms with Gasteiger partial charge in [0.15, 0.2) is 5.60 Å². The van der Waals surface area contributed by atoms with Gasteiger partial charge in [0, 0.05) is 47.4 Å². The highest BCUT2D eigenvalue weighted by Crippen LogP contribution is 2.60. The number of piperazine rings is 1. The normalized spacial score (nSPS) is 26.8. The Kier molecular flexibility index (Phi) is 8.94. The lowest BCUT2D eigenvalue weighted by molar-refractivity contribution is -0.151. The predicted octanol–water partition coefficient (Wildman–Crippen LogP) is 4.93. The Morgan fingerprint density at radius 3 is 2.53 bits per heavy atom. The van der Waals surface area contributed by atoms with Crippen molar-refractivity contribution < 1.29 is 28.3 Å². The average molecular weight is 705 g/mol. The van der Waals surface area contributed by atoms with E-state index >= 15 is 4.11 Å². The molecule has 9 nitrogen and oxygen atoms in total. The fourth-order valence-corrected chi connectivity index (χ4v) is 11.2. The first kappa shape index (κ1) is 33.9. The lowest BCUT2D eigenvalue weighted by Crippen LogP contribution is -2.48. The summed E-state index contributed by atoms with van der Waals surface area (Å²) in [6.07, 6.45) is -0.425. The summed E-state index contributed by atoms with van der Waals surface area (Å²) >= 11 is 6.54. The SMILES string of the molecule is C[C@H]1[C@H]([Si](C)(C)F)[C@@H](CC(=O)N2Cc3ccccc3C[C@H]2CO)O[C@]12C(=O)N(Cc1ccc(N3CCNCC3=O)cc1)c1ccc(Cl)cc12. The van der Waals surface area contributed by atoms with E-state index in [2.05, 4.69) is 5.32 Å². The first-order valence-electron chi connectivity index (χ1n) is 17.0. The third-order valence-corrected chi connectivity index (χ3v) is 13.6. The minimum atomic E-state index is -3.52. The molecule has 3 aromatic rings. The van der Waals surface area contributed by atoms with Gasteiger partial charge in [-0.05, 0) is 66.5 Å². The van der Waals surface area contributed by atoms with Crippen molar-refractivity contribution in [3.8, 4) is 0 Å². The number of aliphatic hydroxyl groups excluding tert-OH is 1. The van der Waals surface area contributed by atoms with Crippen molar-refractivity contribution in [3.05, 3.63) is 94.0 Å².